The van der Waals surface area contributed by atoms with Gasteiger partial charge in [0.1, 0.15) is 0 Å². The van der Waals surface area contributed by atoms with Crippen molar-refractivity contribution in [1.29, 1.82) is 0 Å². The molecule has 2 rings (SSSR count). The van der Waals surface area contributed by atoms with E-state index in [1.165, 1.54) is 18.7 Å². The number of hydrogen-bond acceptors (Lipinski definition) is 4. The molecule has 25 heavy (non-hydrogen) atoms. The Labute approximate surface area is 150 Å². The molecular weight excluding hydrogens is 338 g/mol. The van der Waals surface area contributed by atoms with Gasteiger partial charge in [0.25, 0.3) is 5.91 Å². The normalized spacial score (nSPS) is 11.4. The fraction of sp³-hybridized carbons (Fsp3) is 0.167. The summed E-state index contributed by atoms with van der Waals surface area (Å²) < 4.78 is 0. The molecule has 0 aliphatic carbocycles. The molecule has 0 saturated carbocycles. The number of nitrogens with two attached hydrogens (primary N) is 1. The summed E-state index contributed by atoms with van der Waals surface area (Å²) in [4.78, 5) is 35.8. The van der Waals surface area contributed by atoms with Crippen LogP contribution in [0.15, 0.2) is 53.4 Å². The first-order valence-electron chi connectivity index (χ1n) is 7.61. The molecule has 6 nitrogen and oxygen atoms in total. The number of rotatable bonds is 6. The summed E-state index contributed by atoms with van der Waals surface area (Å²) in [6.45, 7) is 3.20. The number of carbonyl (C=O) groups is 3. The van der Waals surface area contributed by atoms with Crippen LogP contribution in [-0.4, -0.2) is 23.0 Å². The monoisotopic (exact) mass is 357 g/mol. The molecule has 0 bridgehead atoms. The second kappa shape index (κ2) is 8.34. The maximum absolute atomic E-state index is 12.4. The third-order valence-electron chi connectivity index (χ3n) is 3.29. The van der Waals surface area contributed by atoms with Crippen molar-refractivity contribution in [2.45, 2.75) is 24.0 Å². The highest BCUT2D eigenvalue weighted by Crippen LogP contribution is 2.27. The van der Waals surface area contributed by atoms with Gasteiger partial charge in [0.15, 0.2) is 0 Å². The minimum Gasteiger partial charge on any atom is -0.366 e. The number of anilines is 2. The summed E-state index contributed by atoms with van der Waals surface area (Å²) in [5, 5.41) is 5.02. The van der Waals surface area contributed by atoms with E-state index in [0.717, 1.165) is 4.90 Å². The first-order chi connectivity index (χ1) is 11.9. The number of thioether (sulfide) groups is 1. The molecule has 1 unspecified atom stereocenters. The fourth-order valence-corrected chi connectivity index (χ4v) is 3.08. The van der Waals surface area contributed by atoms with Gasteiger partial charge in [0, 0.05) is 17.5 Å². The Morgan fingerprint density at radius 2 is 1.76 bits per heavy atom. The molecule has 0 saturated heterocycles. The third kappa shape index (κ3) is 5.36. The second-order valence-electron chi connectivity index (χ2n) is 5.37. The van der Waals surface area contributed by atoms with Crippen molar-refractivity contribution in [3.63, 3.8) is 0 Å². The van der Waals surface area contributed by atoms with Crippen LogP contribution >= 0.6 is 11.8 Å². The first-order valence-corrected chi connectivity index (χ1v) is 8.49. The van der Waals surface area contributed by atoms with Gasteiger partial charge in [-0.15, -0.1) is 11.8 Å². The quantitative estimate of drug-likeness (QED) is 0.692. The average Bonchev–Trinajstić information content (AvgIpc) is 2.54. The van der Waals surface area contributed by atoms with Crippen LogP contribution in [0.5, 0.6) is 0 Å². The minimum absolute atomic E-state index is 0.156. The molecular formula is C18H19N3O3S. The van der Waals surface area contributed by atoms with Crippen molar-refractivity contribution in [3.05, 3.63) is 54.1 Å². The lowest BCUT2D eigenvalue weighted by Crippen LogP contribution is -2.24. The van der Waals surface area contributed by atoms with Gasteiger partial charge in [0.05, 0.1) is 16.5 Å². The Morgan fingerprint density at radius 1 is 1.04 bits per heavy atom. The zero-order valence-corrected chi connectivity index (χ0v) is 14.7. The van der Waals surface area contributed by atoms with E-state index in [1.54, 1.807) is 49.4 Å². The fourth-order valence-electron chi connectivity index (χ4n) is 2.15. The summed E-state index contributed by atoms with van der Waals surface area (Å²) in [6, 6.07) is 13.8. The van der Waals surface area contributed by atoms with Crippen molar-refractivity contribution in [3.8, 4) is 0 Å². The molecule has 4 N–H and O–H groups in total. The van der Waals surface area contributed by atoms with Gasteiger partial charge < -0.3 is 16.4 Å². The number of hydrogen-bond donors (Lipinski definition) is 3. The maximum atomic E-state index is 12.4. The van der Waals surface area contributed by atoms with E-state index in [1.807, 2.05) is 6.07 Å². The highest BCUT2D eigenvalue weighted by Gasteiger charge is 2.17. The number of nitrogens with one attached hydrogen (secondary N) is 2. The van der Waals surface area contributed by atoms with E-state index in [4.69, 9.17) is 5.73 Å². The SMILES string of the molecule is CC(=O)Nc1cccc(SC(C)C(=O)Nc2ccccc2C(N)=O)c1. The number of benzene rings is 2. The van der Waals surface area contributed by atoms with Gasteiger partial charge >= 0.3 is 0 Å². The molecule has 2 aromatic rings. The lowest BCUT2D eigenvalue weighted by atomic mass is 10.1. The number of para-hydroxylation sites is 1. The average molecular weight is 357 g/mol. The van der Waals surface area contributed by atoms with Gasteiger partial charge in [-0.05, 0) is 37.3 Å². The highest BCUT2D eigenvalue weighted by atomic mass is 32.2. The van der Waals surface area contributed by atoms with Crippen LogP contribution in [0, 0.1) is 0 Å². The summed E-state index contributed by atoms with van der Waals surface area (Å²) in [5.74, 6) is -1.00. The van der Waals surface area contributed by atoms with Crippen molar-refractivity contribution >= 4 is 40.9 Å². The third-order valence-corrected chi connectivity index (χ3v) is 4.38. The summed E-state index contributed by atoms with van der Waals surface area (Å²) in [6.07, 6.45) is 0. The number of amides is 3. The van der Waals surface area contributed by atoms with E-state index in [2.05, 4.69) is 10.6 Å². The smallest absolute Gasteiger partial charge is 0.250 e. The minimum atomic E-state index is -0.598. The van der Waals surface area contributed by atoms with E-state index in [0.29, 0.717) is 11.4 Å². The van der Waals surface area contributed by atoms with Crippen LogP contribution in [-0.2, 0) is 9.59 Å². The molecule has 1 atom stereocenters. The first kappa shape index (κ1) is 18.5. The predicted octanol–water partition coefficient (Wildman–Crippen LogP) is 2.86. The number of carbonyl (C=O) groups excluding carboxylic acids is 3. The lowest BCUT2D eigenvalue weighted by molar-refractivity contribution is -0.115. The lowest BCUT2D eigenvalue weighted by Gasteiger charge is -2.14. The van der Waals surface area contributed by atoms with Crippen molar-refractivity contribution in [2.75, 3.05) is 10.6 Å². The highest BCUT2D eigenvalue weighted by molar-refractivity contribution is 8.00. The molecule has 0 aliphatic heterocycles. The second-order valence-corrected chi connectivity index (χ2v) is 6.78. The maximum Gasteiger partial charge on any atom is 0.250 e. The van der Waals surface area contributed by atoms with Crippen LogP contribution in [0.2, 0.25) is 0 Å². The Bertz CT molecular complexity index is 808. The summed E-state index contributed by atoms with van der Waals surface area (Å²) in [7, 11) is 0. The Balaban J connectivity index is 2.06. The summed E-state index contributed by atoms with van der Waals surface area (Å²) >= 11 is 1.35. The standard InChI is InChI=1S/C18H19N3O3S/c1-11(25-14-7-5-6-13(10-14)20-12(2)22)18(24)21-16-9-4-3-8-15(16)17(19)23/h3-11H,1-2H3,(H2,19,23)(H,20,22)(H,21,24). The van der Waals surface area contributed by atoms with Gasteiger partial charge in [0.2, 0.25) is 11.8 Å². The zero-order valence-electron chi connectivity index (χ0n) is 13.9. The van der Waals surface area contributed by atoms with Crippen LogP contribution in [0.1, 0.15) is 24.2 Å². The molecule has 2 aromatic carbocycles. The molecule has 130 valence electrons. The molecule has 0 heterocycles. The van der Waals surface area contributed by atoms with E-state index in [-0.39, 0.29) is 17.4 Å². The predicted molar refractivity (Wildman–Crippen MR) is 99.7 cm³/mol. The van der Waals surface area contributed by atoms with Crippen LogP contribution in [0.4, 0.5) is 11.4 Å². The summed E-state index contributed by atoms with van der Waals surface area (Å²) in [5.41, 5.74) is 6.64. The van der Waals surface area contributed by atoms with E-state index in [9.17, 15) is 14.4 Å². The molecule has 0 fully saturated rings. The van der Waals surface area contributed by atoms with Crippen LogP contribution < -0.4 is 16.4 Å². The van der Waals surface area contributed by atoms with Crippen LogP contribution in [0.3, 0.4) is 0 Å². The molecule has 0 radical (unpaired) electrons. The molecule has 7 heteroatoms. The molecule has 0 spiro atoms. The molecule has 3 amide bonds. The van der Waals surface area contributed by atoms with Gasteiger partial charge in [-0.25, -0.2) is 0 Å². The van der Waals surface area contributed by atoms with Crippen LogP contribution in [0.25, 0.3) is 0 Å². The van der Waals surface area contributed by atoms with Gasteiger partial charge in [-0.2, -0.15) is 0 Å². The van der Waals surface area contributed by atoms with E-state index < -0.39 is 11.2 Å². The Hall–Kier alpha value is -2.80. The van der Waals surface area contributed by atoms with Crippen molar-refractivity contribution in [2.24, 2.45) is 5.73 Å². The Morgan fingerprint density at radius 3 is 2.44 bits per heavy atom. The topological polar surface area (TPSA) is 101 Å². The van der Waals surface area contributed by atoms with Crippen molar-refractivity contribution in [1.82, 2.24) is 0 Å². The zero-order chi connectivity index (χ0) is 18.4. The molecule has 0 aromatic heterocycles. The van der Waals surface area contributed by atoms with E-state index >= 15 is 0 Å². The van der Waals surface area contributed by atoms with Gasteiger partial charge in [-0.1, -0.05) is 18.2 Å². The molecule has 0 aliphatic rings. The van der Waals surface area contributed by atoms with Gasteiger partial charge in [-0.3, -0.25) is 14.4 Å². The van der Waals surface area contributed by atoms with Crippen molar-refractivity contribution < 1.29 is 14.4 Å². The number of primary amides is 1. The largest absolute Gasteiger partial charge is 0.366 e. The Kier molecular flexibility index (Phi) is 6.19.